The van der Waals surface area contributed by atoms with Crippen LogP contribution >= 0.6 is 0 Å². The van der Waals surface area contributed by atoms with E-state index in [1.807, 2.05) is 0 Å². The molecule has 1 aromatic carbocycles. The molecule has 2 fully saturated rings. The average Bonchev–Trinajstić information content (AvgIpc) is 2.75. The van der Waals surface area contributed by atoms with Crippen LogP contribution in [-0.4, -0.2) is 6.61 Å². The Morgan fingerprint density at radius 3 is 2.18 bits per heavy atom. The number of halogens is 1. The molecule has 1 nitrogen and oxygen atoms in total. The van der Waals surface area contributed by atoms with Crippen LogP contribution < -0.4 is 4.74 Å². The zero-order valence-electron chi connectivity index (χ0n) is 17.8. The Bertz CT molecular complexity index is 563. The Morgan fingerprint density at radius 1 is 0.929 bits per heavy atom. The summed E-state index contributed by atoms with van der Waals surface area (Å²) < 4.78 is 17.9. The molecule has 0 radical (unpaired) electrons. The largest absolute Gasteiger partial charge is 0.494 e. The minimum atomic E-state index is 0.705. The summed E-state index contributed by atoms with van der Waals surface area (Å²) in [5, 5.41) is 0. The fraction of sp³-hybridized carbons (Fsp3) is 0.692. The summed E-state index contributed by atoms with van der Waals surface area (Å²) in [6, 6.07) is 8.92. The molecule has 3 rings (SSSR count). The zero-order valence-corrected chi connectivity index (χ0v) is 17.8. The summed E-state index contributed by atoms with van der Waals surface area (Å²) in [7, 11) is 0. The van der Waals surface area contributed by atoms with Crippen LogP contribution in [-0.2, 0) is 0 Å². The molecule has 0 atom stereocenters. The smallest absolute Gasteiger partial charge is 0.119 e. The number of rotatable bonds is 9. The van der Waals surface area contributed by atoms with Gasteiger partial charge in [-0.05, 0) is 99.2 Å². The monoisotopic (exact) mass is 386 g/mol. The fourth-order valence-electron chi connectivity index (χ4n) is 5.44. The SMILES string of the molecule is CCCCOc1ccc([C@H]2CC[C@H]([C@H]3CC[C@H](CCC=CF)CC3)CC2)cc1. The van der Waals surface area contributed by atoms with Crippen LogP contribution in [0.25, 0.3) is 0 Å². The highest BCUT2D eigenvalue weighted by molar-refractivity contribution is 5.29. The van der Waals surface area contributed by atoms with E-state index < -0.39 is 0 Å². The van der Waals surface area contributed by atoms with Gasteiger partial charge in [0, 0.05) is 0 Å². The molecule has 0 saturated heterocycles. The normalized spacial score (nSPS) is 28.5. The Hall–Kier alpha value is -1.31. The third kappa shape index (κ3) is 6.36. The molecule has 2 aliphatic carbocycles. The van der Waals surface area contributed by atoms with Crippen LogP contribution in [0.2, 0.25) is 0 Å². The van der Waals surface area contributed by atoms with Crippen molar-refractivity contribution in [3.8, 4) is 5.75 Å². The maximum atomic E-state index is 12.1. The second-order valence-electron chi connectivity index (χ2n) is 9.10. The second-order valence-corrected chi connectivity index (χ2v) is 9.10. The van der Waals surface area contributed by atoms with Crippen molar-refractivity contribution in [3.63, 3.8) is 0 Å². The van der Waals surface area contributed by atoms with E-state index in [0.29, 0.717) is 6.33 Å². The van der Waals surface area contributed by atoms with E-state index in [-0.39, 0.29) is 0 Å². The van der Waals surface area contributed by atoms with E-state index in [2.05, 4.69) is 31.2 Å². The van der Waals surface area contributed by atoms with Gasteiger partial charge in [0.25, 0.3) is 0 Å². The summed E-state index contributed by atoms with van der Waals surface area (Å²) >= 11 is 0. The number of hydrogen-bond donors (Lipinski definition) is 0. The topological polar surface area (TPSA) is 9.23 Å². The minimum Gasteiger partial charge on any atom is -0.494 e. The molecule has 0 amide bonds. The molecule has 28 heavy (non-hydrogen) atoms. The summed E-state index contributed by atoms with van der Waals surface area (Å²) in [4.78, 5) is 0. The molecular weight excluding hydrogens is 347 g/mol. The van der Waals surface area contributed by atoms with Gasteiger partial charge in [-0.1, -0.05) is 44.4 Å². The molecule has 0 spiro atoms. The highest BCUT2D eigenvalue weighted by Gasteiger charge is 2.31. The van der Waals surface area contributed by atoms with Crippen LogP contribution in [0.1, 0.15) is 95.5 Å². The van der Waals surface area contributed by atoms with E-state index in [1.54, 1.807) is 6.08 Å². The van der Waals surface area contributed by atoms with E-state index in [1.165, 1.54) is 69.8 Å². The van der Waals surface area contributed by atoms with Crippen molar-refractivity contribution in [2.75, 3.05) is 6.61 Å². The van der Waals surface area contributed by atoms with Crippen molar-refractivity contribution in [2.24, 2.45) is 17.8 Å². The molecule has 0 unspecified atom stereocenters. The van der Waals surface area contributed by atoms with Gasteiger partial charge in [-0.15, -0.1) is 0 Å². The first kappa shape index (κ1) is 21.4. The molecule has 2 heteroatoms. The highest BCUT2D eigenvalue weighted by atomic mass is 19.1. The Kier molecular flexibility index (Phi) is 8.89. The van der Waals surface area contributed by atoms with E-state index in [4.69, 9.17) is 4.74 Å². The summed E-state index contributed by atoms with van der Waals surface area (Å²) in [5.41, 5.74) is 1.51. The molecule has 0 bridgehead atoms. The highest BCUT2D eigenvalue weighted by Crippen LogP contribution is 2.44. The lowest BCUT2D eigenvalue weighted by Gasteiger charge is -2.38. The standard InChI is InChI=1S/C26H39FO/c1-2-3-20-28-26-17-15-25(16-18-26)24-13-11-23(12-14-24)22-9-7-21(8-10-22)6-4-5-19-27/h5,15-19,21-24H,2-4,6-14,20H2,1H3/t21-,22-,23-,24-. The van der Waals surface area contributed by atoms with Gasteiger partial charge >= 0.3 is 0 Å². The predicted octanol–water partition coefficient (Wildman–Crippen LogP) is 8.21. The van der Waals surface area contributed by atoms with Crippen molar-refractivity contribution in [2.45, 2.75) is 89.9 Å². The third-order valence-electron chi connectivity index (χ3n) is 7.28. The van der Waals surface area contributed by atoms with Gasteiger partial charge in [0.05, 0.1) is 12.9 Å². The van der Waals surface area contributed by atoms with Crippen molar-refractivity contribution >= 4 is 0 Å². The van der Waals surface area contributed by atoms with Gasteiger partial charge in [-0.3, -0.25) is 0 Å². The molecule has 2 aliphatic rings. The molecule has 0 aromatic heterocycles. The van der Waals surface area contributed by atoms with E-state index in [9.17, 15) is 4.39 Å². The maximum Gasteiger partial charge on any atom is 0.119 e. The Labute approximate surface area is 171 Å². The number of benzene rings is 1. The number of unbranched alkanes of at least 4 members (excludes halogenated alkanes) is 1. The van der Waals surface area contributed by atoms with Crippen molar-refractivity contribution in [1.82, 2.24) is 0 Å². The molecular formula is C26H39FO. The van der Waals surface area contributed by atoms with E-state index in [0.717, 1.165) is 48.9 Å². The van der Waals surface area contributed by atoms with Crippen LogP contribution in [0.4, 0.5) is 4.39 Å². The summed E-state index contributed by atoms with van der Waals surface area (Å²) in [5.74, 6) is 4.49. The first-order valence-corrected chi connectivity index (χ1v) is 11.8. The lowest BCUT2D eigenvalue weighted by molar-refractivity contribution is 0.157. The number of hydrogen-bond acceptors (Lipinski definition) is 1. The van der Waals surface area contributed by atoms with Gasteiger partial charge in [0.15, 0.2) is 0 Å². The summed E-state index contributed by atoms with van der Waals surface area (Å²) in [6.07, 6.45) is 17.8. The lowest BCUT2D eigenvalue weighted by Crippen LogP contribution is -2.25. The van der Waals surface area contributed by atoms with Gasteiger partial charge < -0.3 is 4.74 Å². The quantitative estimate of drug-likeness (QED) is 0.388. The minimum absolute atomic E-state index is 0.705. The Balaban J connectivity index is 1.39. The van der Waals surface area contributed by atoms with Crippen molar-refractivity contribution in [3.05, 3.63) is 42.2 Å². The number of ether oxygens (including phenoxy) is 1. The van der Waals surface area contributed by atoms with Gasteiger partial charge in [-0.25, -0.2) is 4.39 Å². The van der Waals surface area contributed by atoms with Gasteiger partial charge in [0.2, 0.25) is 0 Å². The molecule has 2 saturated carbocycles. The molecule has 0 N–H and O–H groups in total. The Morgan fingerprint density at radius 2 is 1.57 bits per heavy atom. The first-order valence-electron chi connectivity index (χ1n) is 11.8. The maximum absolute atomic E-state index is 12.1. The molecule has 0 aliphatic heterocycles. The first-order chi connectivity index (χ1) is 13.8. The fourth-order valence-corrected chi connectivity index (χ4v) is 5.44. The molecule has 0 heterocycles. The van der Waals surface area contributed by atoms with Crippen LogP contribution in [0.15, 0.2) is 36.7 Å². The molecule has 1 aromatic rings. The van der Waals surface area contributed by atoms with Crippen molar-refractivity contribution in [1.29, 1.82) is 0 Å². The number of allylic oxidation sites excluding steroid dienone is 1. The van der Waals surface area contributed by atoms with E-state index >= 15 is 0 Å². The van der Waals surface area contributed by atoms with Gasteiger partial charge in [0.1, 0.15) is 5.75 Å². The van der Waals surface area contributed by atoms with Crippen LogP contribution in [0.5, 0.6) is 5.75 Å². The second kappa shape index (κ2) is 11.6. The third-order valence-corrected chi connectivity index (χ3v) is 7.28. The molecule has 156 valence electrons. The van der Waals surface area contributed by atoms with Crippen LogP contribution in [0.3, 0.4) is 0 Å². The summed E-state index contributed by atoms with van der Waals surface area (Å²) in [6.45, 7) is 3.02. The van der Waals surface area contributed by atoms with Crippen LogP contribution in [0, 0.1) is 17.8 Å². The predicted molar refractivity (Wildman–Crippen MR) is 116 cm³/mol. The average molecular weight is 387 g/mol. The van der Waals surface area contributed by atoms with Gasteiger partial charge in [-0.2, -0.15) is 0 Å². The van der Waals surface area contributed by atoms with Crippen molar-refractivity contribution < 1.29 is 9.13 Å². The zero-order chi connectivity index (χ0) is 19.6. The lowest BCUT2D eigenvalue weighted by atomic mass is 9.68.